The van der Waals surface area contributed by atoms with Crippen LogP contribution in [-0.4, -0.2) is 32.7 Å². The van der Waals surface area contributed by atoms with Crippen LogP contribution in [0.1, 0.15) is 33.1 Å². The minimum atomic E-state index is -0.561. The Balaban J connectivity index is 1.67. The molecule has 0 aliphatic rings. The monoisotopic (exact) mass is 419 g/mol. The zero-order valence-corrected chi connectivity index (χ0v) is 17.5. The van der Waals surface area contributed by atoms with Gasteiger partial charge in [-0.2, -0.15) is 0 Å². The van der Waals surface area contributed by atoms with Crippen LogP contribution < -0.4 is 10.1 Å². The molecule has 6 nitrogen and oxygen atoms in total. The molecule has 0 bridgehead atoms. The van der Waals surface area contributed by atoms with Gasteiger partial charge in [0.05, 0.1) is 25.3 Å². The number of hydrogen-bond donors (Lipinski definition) is 1. The van der Waals surface area contributed by atoms with Crippen LogP contribution in [0, 0.1) is 0 Å². The van der Waals surface area contributed by atoms with E-state index in [0.29, 0.717) is 12.2 Å². The van der Waals surface area contributed by atoms with Crippen molar-refractivity contribution in [3.8, 4) is 5.75 Å². The van der Waals surface area contributed by atoms with Gasteiger partial charge in [0.25, 0.3) is 5.91 Å². The van der Waals surface area contributed by atoms with E-state index in [1.807, 2.05) is 60.7 Å². The molecule has 6 heteroatoms. The summed E-state index contributed by atoms with van der Waals surface area (Å²) in [6.45, 7) is 0.00898. The average molecular weight is 419 g/mol. The van der Waals surface area contributed by atoms with Crippen LogP contribution in [0.25, 0.3) is 0 Å². The molecule has 160 valence electrons. The molecule has 3 aromatic carbocycles. The smallest absolute Gasteiger partial charge is 0.338 e. The summed E-state index contributed by atoms with van der Waals surface area (Å²) in [5.74, 6) is -0.230. The lowest BCUT2D eigenvalue weighted by Crippen LogP contribution is -2.33. The number of esters is 1. The number of methoxy groups -OCH3 is 2. The zero-order chi connectivity index (χ0) is 22.1. The largest absolute Gasteiger partial charge is 0.497 e. The Kier molecular flexibility index (Phi) is 7.79. The Hall–Kier alpha value is -3.64. The molecule has 0 aliphatic heterocycles. The lowest BCUT2D eigenvalue weighted by molar-refractivity contribution is -0.124. The van der Waals surface area contributed by atoms with Gasteiger partial charge in [0, 0.05) is 7.11 Å². The van der Waals surface area contributed by atoms with Crippen molar-refractivity contribution in [3.05, 3.63) is 101 Å². The number of carbonyl (C=O) groups excluding carboxylic acids is 2. The van der Waals surface area contributed by atoms with Gasteiger partial charge >= 0.3 is 5.97 Å². The van der Waals surface area contributed by atoms with E-state index in [1.165, 1.54) is 0 Å². The van der Waals surface area contributed by atoms with Crippen molar-refractivity contribution in [2.24, 2.45) is 0 Å². The highest BCUT2D eigenvalue weighted by atomic mass is 16.5. The highest BCUT2D eigenvalue weighted by Gasteiger charge is 2.18. The van der Waals surface area contributed by atoms with Crippen molar-refractivity contribution in [1.29, 1.82) is 0 Å². The van der Waals surface area contributed by atoms with E-state index < -0.39 is 11.9 Å². The molecule has 0 unspecified atom stereocenters. The lowest BCUT2D eigenvalue weighted by Gasteiger charge is -2.20. The molecule has 0 heterocycles. The van der Waals surface area contributed by atoms with Crippen molar-refractivity contribution in [3.63, 3.8) is 0 Å². The van der Waals surface area contributed by atoms with E-state index in [2.05, 4.69) is 5.32 Å². The third-order valence-electron chi connectivity index (χ3n) is 4.70. The van der Waals surface area contributed by atoms with Crippen molar-refractivity contribution < 1.29 is 23.8 Å². The van der Waals surface area contributed by atoms with E-state index in [1.54, 1.807) is 32.4 Å². The highest BCUT2D eigenvalue weighted by molar-refractivity contribution is 5.91. The summed E-state index contributed by atoms with van der Waals surface area (Å²) in [7, 11) is 3.19. The number of nitrogens with one attached hydrogen (secondary N) is 1. The fourth-order valence-electron chi connectivity index (χ4n) is 3.17. The zero-order valence-electron chi connectivity index (χ0n) is 17.5. The predicted molar refractivity (Wildman–Crippen MR) is 117 cm³/mol. The molecule has 3 rings (SSSR count). The number of ether oxygens (including phenoxy) is 3. The Bertz CT molecular complexity index is 1000. The number of rotatable bonds is 9. The quantitative estimate of drug-likeness (QED) is 0.533. The van der Waals surface area contributed by atoms with Crippen molar-refractivity contribution in [2.75, 3.05) is 20.8 Å². The Morgan fingerprint density at radius 1 is 0.871 bits per heavy atom. The van der Waals surface area contributed by atoms with Crippen LogP contribution in [0.15, 0.2) is 78.9 Å². The van der Waals surface area contributed by atoms with E-state index in [9.17, 15) is 9.59 Å². The molecule has 31 heavy (non-hydrogen) atoms. The molecule has 0 fully saturated rings. The number of benzene rings is 3. The Morgan fingerprint density at radius 3 is 2.26 bits per heavy atom. The molecule has 0 saturated carbocycles. The van der Waals surface area contributed by atoms with Crippen LogP contribution in [0.5, 0.6) is 5.75 Å². The SMILES string of the molecule is COCc1cccc(C(=O)OCC(=O)N[C@H](c2ccccc2)c2ccc(OC)cc2)c1. The molecule has 0 radical (unpaired) electrons. The van der Waals surface area contributed by atoms with E-state index in [0.717, 1.165) is 22.4 Å². The second-order valence-corrected chi connectivity index (χ2v) is 6.89. The van der Waals surface area contributed by atoms with Gasteiger partial charge in [-0.1, -0.05) is 54.6 Å². The van der Waals surface area contributed by atoms with Gasteiger partial charge in [-0.3, -0.25) is 4.79 Å². The first-order chi connectivity index (χ1) is 15.1. The molecular weight excluding hydrogens is 394 g/mol. The first-order valence-electron chi connectivity index (χ1n) is 9.84. The van der Waals surface area contributed by atoms with Gasteiger partial charge in [0.15, 0.2) is 6.61 Å². The molecule has 1 atom stereocenters. The minimum Gasteiger partial charge on any atom is -0.497 e. The predicted octanol–water partition coefficient (Wildman–Crippen LogP) is 3.90. The summed E-state index contributed by atoms with van der Waals surface area (Å²) in [5.41, 5.74) is 3.03. The molecule has 0 saturated heterocycles. The van der Waals surface area contributed by atoms with Gasteiger partial charge in [-0.25, -0.2) is 4.79 Å². The maximum atomic E-state index is 12.6. The summed E-state index contributed by atoms with van der Waals surface area (Å²) >= 11 is 0. The standard InChI is InChI=1S/C25H25NO5/c1-29-16-18-7-6-10-21(15-18)25(28)31-17-23(27)26-24(19-8-4-3-5-9-19)20-11-13-22(30-2)14-12-20/h3-15,24H,16-17H2,1-2H3,(H,26,27)/t24-/m1/s1. The van der Waals surface area contributed by atoms with Crippen LogP contribution in [0.4, 0.5) is 0 Å². The fraction of sp³-hybridized carbons (Fsp3) is 0.200. The Labute approximate surface area is 181 Å². The average Bonchev–Trinajstić information content (AvgIpc) is 2.82. The van der Waals surface area contributed by atoms with Crippen LogP contribution in [-0.2, 0) is 20.9 Å². The first kappa shape index (κ1) is 22.1. The second kappa shape index (κ2) is 10.9. The molecule has 0 spiro atoms. The summed E-state index contributed by atoms with van der Waals surface area (Å²) < 4.78 is 15.5. The summed E-state index contributed by atoms with van der Waals surface area (Å²) in [6.07, 6.45) is 0. The number of carbonyl (C=O) groups is 2. The van der Waals surface area contributed by atoms with E-state index in [-0.39, 0.29) is 12.6 Å². The van der Waals surface area contributed by atoms with Crippen LogP contribution in [0.2, 0.25) is 0 Å². The van der Waals surface area contributed by atoms with Crippen LogP contribution in [0.3, 0.4) is 0 Å². The summed E-state index contributed by atoms with van der Waals surface area (Å²) in [4.78, 5) is 24.9. The molecular formula is C25H25NO5. The van der Waals surface area contributed by atoms with E-state index >= 15 is 0 Å². The van der Waals surface area contributed by atoms with Crippen molar-refractivity contribution in [2.45, 2.75) is 12.6 Å². The highest BCUT2D eigenvalue weighted by Crippen LogP contribution is 2.24. The number of amides is 1. The maximum Gasteiger partial charge on any atom is 0.338 e. The normalized spacial score (nSPS) is 11.4. The van der Waals surface area contributed by atoms with Gasteiger partial charge in [-0.15, -0.1) is 0 Å². The van der Waals surface area contributed by atoms with Gasteiger partial charge < -0.3 is 19.5 Å². The third kappa shape index (κ3) is 6.17. The van der Waals surface area contributed by atoms with Gasteiger partial charge in [0.2, 0.25) is 0 Å². The molecule has 3 aromatic rings. The lowest BCUT2D eigenvalue weighted by atomic mass is 9.98. The van der Waals surface area contributed by atoms with Gasteiger partial charge in [-0.05, 0) is 41.0 Å². The maximum absolute atomic E-state index is 12.6. The van der Waals surface area contributed by atoms with E-state index in [4.69, 9.17) is 14.2 Å². The summed E-state index contributed by atoms with van der Waals surface area (Å²) in [5, 5.41) is 2.95. The molecule has 0 aliphatic carbocycles. The first-order valence-corrected chi connectivity index (χ1v) is 9.84. The molecule has 0 aromatic heterocycles. The van der Waals surface area contributed by atoms with Crippen molar-refractivity contribution in [1.82, 2.24) is 5.32 Å². The summed E-state index contributed by atoms with van der Waals surface area (Å²) in [6, 6.07) is 23.6. The fourth-order valence-corrected chi connectivity index (χ4v) is 3.17. The topological polar surface area (TPSA) is 73.9 Å². The molecule has 1 amide bonds. The Morgan fingerprint density at radius 2 is 1.58 bits per heavy atom. The van der Waals surface area contributed by atoms with Gasteiger partial charge in [0.1, 0.15) is 5.75 Å². The van der Waals surface area contributed by atoms with Crippen molar-refractivity contribution >= 4 is 11.9 Å². The third-order valence-corrected chi connectivity index (χ3v) is 4.70. The molecule has 1 N–H and O–H groups in total. The number of hydrogen-bond acceptors (Lipinski definition) is 5. The minimum absolute atomic E-state index is 0.372. The van der Waals surface area contributed by atoms with Crippen LogP contribution >= 0.6 is 0 Å². The second-order valence-electron chi connectivity index (χ2n) is 6.89.